The first kappa shape index (κ1) is 16.0. The monoisotopic (exact) mass is 338 g/mol. The summed E-state index contributed by atoms with van der Waals surface area (Å²) in [6.45, 7) is 0.329. The van der Waals surface area contributed by atoms with Gasteiger partial charge in [0, 0.05) is 33.5 Å². The van der Waals surface area contributed by atoms with E-state index in [4.69, 9.17) is 39.5 Å². The minimum Gasteiger partial charge on any atom is -0.489 e. The molecule has 0 heterocycles. The van der Waals surface area contributed by atoms with Gasteiger partial charge in [0.15, 0.2) is 0 Å². The molecule has 0 radical (unpaired) electrons. The molecule has 0 spiro atoms. The molecule has 0 saturated carbocycles. The second kappa shape index (κ2) is 8.20. The number of hydrogen-bond acceptors (Lipinski definition) is 1. The van der Waals surface area contributed by atoms with Gasteiger partial charge in [0.2, 0.25) is 0 Å². The number of alkyl halides is 1. The second-order valence-corrected chi connectivity index (χ2v) is 5.45. The van der Waals surface area contributed by atoms with E-state index in [0.717, 1.165) is 16.9 Å². The molecule has 0 aliphatic heterocycles. The molecule has 2 aromatic rings. The van der Waals surface area contributed by atoms with Crippen molar-refractivity contribution in [3.8, 4) is 17.6 Å². The Labute approximate surface area is 139 Å². The molecule has 21 heavy (non-hydrogen) atoms. The first-order chi connectivity index (χ1) is 10.2. The summed E-state index contributed by atoms with van der Waals surface area (Å²) in [7, 11) is 0. The highest BCUT2D eigenvalue weighted by atomic mass is 35.5. The molecule has 4 heteroatoms. The predicted octanol–water partition coefficient (Wildman–Crippen LogP) is 5.55. The summed E-state index contributed by atoms with van der Waals surface area (Å²) in [5, 5.41) is 1.21. The van der Waals surface area contributed by atoms with Crippen LogP contribution in [-0.2, 0) is 6.61 Å². The Bertz CT molecular complexity index is 634. The fraction of sp³-hybridized carbons (Fsp3) is 0.176. The molecule has 0 aromatic heterocycles. The molecule has 108 valence electrons. The number of halogens is 3. The van der Waals surface area contributed by atoms with E-state index in [-0.39, 0.29) is 0 Å². The molecule has 0 aliphatic carbocycles. The standard InChI is InChI=1S/C17H13Cl3O/c18-11-2-1-4-13-7-9-14(10-8-13)21-12-15-16(19)5-3-6-17(15)20/h3,5-10H,2,11-12H2. The molecule has 2 rings (SSSR count). The van der Waals surface area contributed by atoms with Crippen LogP contribution in [0.3, 0.4) is 0 Å². The van der Waals surface area contributed by atoms with Crippen LogP contribution in [-0.4, -0.2) is 5.88 Å². The van der Waals surface area contributed by atoms with Crippen molar-refractivity contribution in [2.24, 2.45) is 0 Å². The molecule has 0 fully saturated rings. The van der Waals surface area contributed by atoms with Gasteiger partial charge in [-0.3, -0.25) is 0 Å². The zero-order chi connectivity index (χ0) is 15.1. The average Bonchev–Trinajstić information content (AvgIpc) is 2.48. The lowest BCUT2D eigenvalue weighted by Gasteiger charge is -2.09. The molecule has 0 N–H and O–H groups in total. The van der Waals surface area contributed by atoms with Crippen LogP contribution in [0, 0.1) is 11.8 Å². The molecule has 0 atom stereocenters. The quantitative estimate of drug-likeness (QED) is 0.524. The van der Waals surface area contributed by atoms with E-state index in [9.17, 15) is 0 Å². The minimum atomic E-state index is 0.329. The van der Waals surface area contributed by atoms with Crippen LogP contribution >= 0.6 is 34.8 Å². The van der Waals surface area contributed by atoms with Gasteiger partial charge in [-0.2, -0.15) is 0 Å². The maximum Gasteiger partial charge on any atom is 0.119 e. The van der Waals surface area contributed by atoms with E-state index in [1.54, 1.807) is 12.1 Å². The van der Waals surface area contributed by atoms with Crippen molar-refractivity contribution < 1.29 is 4.74 Å². The maximum atomic E-state index is 6.10. The van der Waals surface area contributed by atoms with E-state index in [1.165, 1.54) is 0 Å². The van der Waals surface area contributed by atoms with Gasteiger partial charge in [0.25, 0.3) is 0 Å². The van der Waals surface area contributed by atoms with Crippen molar-refractivity contribution in [1.82, 2.24) is 0 Å². The number of hydrogen-bond donors (Lipinski definition) is 0. The van der Waals surface area contributed by atoms with E-state index in [1.807, 2.05) is 30.3 Å². The van der Waals surface area contributed by atoms with Gasteiger partial charge in [-0.1, -0.05) is 41.1 Å². The Hall–Kier alpha value is -1.33. The summed E-state index contributed by atoms with van der Waals surface area (Å²) < 4.78 is 5.70. The number of ether oxygens (including phenoxy) is 1. The van der Waals surface area contributed by atoms with Crippen LogP contribution < -0.4 is 4.74 Å². The fourth-order valence-corrected chi connectivity index (χ4v) is 2.27. The van der Waals surface area contributed by atoms with Crippen molar-refractivity contribution in [3.63, 3.8) is 0 Å². The topological polar surface area (TPSA) is 9.23 Å². The van der Waals surface area contributed by atoms with Crippen LogP contribution in [0.25, 0.3) is 0 Å². The zero-order valence-electron chi connectivity index (χ0n) is 11.2. The molecule has 0 saturated heterocycles. The van der Waals surface area contributed by atoms with Crippen molar-refractivity contribution in [3.05, 3.63) is 63.6 Å². The summed E-state index contributed by atoms with van der Waals surface area (Å²) in [4.78, 5) is 0. The first-order valence-electron chi connectivity index (χ1n) is 6.41. The van der Waals surface area contributed by atoms with Crippen LogP contribution in [0.1, 0.15) is 17.5 Å². The normalized spacial score (nSPS) is 9.86. The lowest BCUT2D eigenvalue weighted by molar-refractivity contribution is 0.306. The predicted molar refractivity (Wildman–Crippen MR) is 89.5 cm³/mol. The summed E-state index contributed by atoms with van der Waals surface area (Å²) in [6.07, 6.45) is 0.685. The SMILES string of the molecule is ClCCC#Cc1ccc(OCc2c(Cl)cccc2Cl)cc1. The first-order valence-corrected chi connectivity index (χ1v) is 7.70. The Balaban J connectivity index is 2.00. The van der Waals surface area contributed by atoms with Crippen LogP contribution in [0.2, 0.25) is 10.0 Å². The largest absolute Gasteiger partial charge is 0.489 e. The van der Waals surface area contributed by atoms with Gasteiger partial charge < -0.3 is 4.74 Å². The van der Waals surface area contributed by atoms with Crippen molar-refractivity contribution in [2.45, 2.75) is 13.0 Å². The number of benzene rings is 2. The second-order valence-electron chi connectivity index (χ2n) is 4.25. The van der Waals surface area contributed by atoms with Crippen LogP contribution in [0.5, 0.6) is 5.75 Å². The Morgan fingerprint density at radius 3 is 2.24 bits per heavy atom. The highest BCUT2D eigenvalue weighted by molar-refractivity contribution is 6.35. The van der Waals surface area contributed by atoms with Gasteiger partial charge in [-0.05, 0) is 36.4 Å². The lowest BCUT2D eigenvalue weighted by Crippen LogP contribution is -1.97. The molecular weight excluding hydrogens is 327 g/mol. The summed E-state index contributed by atoms with van der Waals surface area (Å²) in [5.74, 6) is 7.31. The zero-order valence-corrected chi connectivity index (χ0v) is 13.5. The summed E-state index contributed by atoms with van der Waals surface area (Å²) >= 11 is 17.8. The highest BCUT2D eigenvalue weighted by Gasteiger charge is 2.06. The molecule has 0 bridgehead atoms. The molecule has 0 amide bonds. The maximum absolute atomic E-state index is 6.10. The minimum absolute atomic E-state index is 0.329. The average molecular weight is 340 g/mol. The molecule has 0 unspecified atom stereocenters. The smallest absolute Gasteiger partial charge is 0.119 e. The third kappa shape index (κ3) is 4.86. The van der Waals surface area contributed by atoms with Gasteiger partial charge in [-0.25, -0.2) is 0 Å². The van der Waals surface area contributed by atoms with Crippen molar-refractivity contribution in [2.75, 3.05) is 5.88 Å². The van der Waals surface area contributed by atoms with E-state index >= 15 is 0 Å². The third-order valence-electron chi connectivity index (χ3n) is 2.75. The van der Waals surface area contributed by atoms with E-state index in [0.29, 0.717) is 29.0 Å². The van der Waals surface area contributed by atoms with E-state index < -0.39 is 0 Å². The number of rotatable bonds is 4. The molecule has 0 aliphatic rings. The molecular formula is C17H13Cl3O. The van der Waals surface area contributed by atoms with Gasteiger partial charge in [-0.15, -0.1) is 11.6 Å². The summed E-state index contributed by atoms with van der Waals surface area (Å²) in [6, 6.07) is 13.0. The molecule has 2 aromatic carbocycles. The third-order valence-corrected chi connectivity index (χ3v) is 3.65. The fourth-order valence-electron chi connectivity index (χ4n) is 1.67. The van der Waals surface area contributed by atoms with E-state index in [2.05, 4.69) is 11.8 Å². The van der Waals surface area contributed by atoms with Gasteiger partial charge in [0.05, 0.1) is 0 Å². The van der Waals surface area contributed by atoms with Crippen LogP contribution in [0.15, 0.2) is 42.5 Å². The lowest BCUT2D eigenvalue weighted by atomic mass is 10.2. The van der Waals surface area contributed by atoms with Crippen molar-refractivity contribution in [1.29, 1.82) is 0 Å². The molecule has 1 nitrogen and oxygen atoms in total. The van der Waals surface area contributed by atoms with Crippen LogP contribution in [0.4, 0.5) is 0 Å². The van der Waals surface area contributed by atoms with Crippen molar-refractivity contribution >= 4 is 34.8 Å². The Morgan fingerprint density at radius 1 is 0.952 bits per heavy atom. The Morgan fingerprint density at radius 2 is 1.62 bits per heavy atom. The Kier molecular flexibility index (Phi) is 6.26. The van der Waals surface area contributed by atoms with Gasteiger partial charge >= 0.3 is 0 Å². The van der Waals surface area contributed by atoms with Gasteiger partial charge in [0.1, 0.15) is 12.4 Å². The summed E-state index contributed by atoms with van der Waals surface area (Å²) in [5.41, 5.74) is 1.72. The highest BCUT2D eigenvalue weighted by Crippen LogP contribution is 2.25.